The third kappa shape index (κ3) is 2.87. The van der Waals surface area contributed by atoms with Crippen LogP contribution >= 0.6 is 34.8 Å². The lowest BCUT2D eigenvalue weighted by atomic mass is 9.77. The molecular weight excluding hydrogens is 373 g/mol. The molecule has 2 aromatic rings. The molecule has 0 aromatic heterocycles. The van der Waals surface area contributed by atoms with E-state index in [4.69, 9.17) is 34.8 Å². The molecule has 1 nitrogen and oxygen atoms in total. The summed E-state index contributed by atoms with van der Waals surface area (Å²) in [4.78, 5) is 0. The number of hydrogen-bond acceptors (Lipinski definition) is 1. The molecule has 1 N–H and O–H groups in total. The van der Waals surface area contributed by atoms with E-state index in [1.54, 1.807) is 6.07 Å². The van der Waals surface area contributed by atoms with E-state index in [1.807, 2.05) is 0 Å². The van der Waals surface area contributed by atoms with Gasteiger partial charge in [-0.2, -0.15) is 0 Å². The lowest BCUT2D eigenvalue weighted by Crippen LogP contribution is -2.29. The van der Waals surface area contributed by atoms with Gasteiger partial charge in [-0.15, -0.1) is 0 Å². The van der Waals surface area contributed by atoms with E-state index in [9.17, 15) is 0 Å². The highest BCUT2D eigenvalue weighted by Gasteiger charge is 2.40. The fraction of sp³-hybridized carbons (Fsp3) is 0.333. The van der Waals surface area contributed by atoms with E-state index in [-0.39, 0.29) is 12.0 Å². The van der Waals surface area contributed by atoms with Gasteiger partial charge < -0.3 is 5.32 Å². The molecule has 2 aromatic carbocycles. The molecular formula is C21H20Cl3N. The van der Waals surface area contributed by atoms with E-state index >= 15 is 0 Å². The molecule has 3 atom stereocenters. The Morgan fingerprint density at radius 2 is 1.76 bits per heavy atom. The number of hydrogen-bond donors (Lipinski definition) is 1. The monoisotopic (exact) mass is 391 g/mol. The summed E-state index contributed by atoms with van der Waals surface area (Å²) < 4.78 is 0. The highest BCUT2D eigenvalue weighted by Crippen LogP contribution is 2.54. The van der Waals surface area contributed by atoms with Crippen molar-refractivity contribution in [2.45, 2.75) is 38.1 Å². The molecule has 0 radical (unpaired) electrons. The molecule has 0 unspecified atom stereocenters. The molecule has 0 bridgehead atoms. The van der Waals surface area contributed by atoms with Crippen molar-refractivity contribution in [3.05, 3.63) is 74.2 Å². The standard InChI is InChI=1S/C21H20Cl3N/c1-11(2)12-6-8-13(9-7-12)20-15-5-3-4-14(15)18-19(24)16(22)10-17(23)21(18)25-20/h3-4,6-11,14-15,20,25H,5H2,1-2H3/t14-,15+,20-/m1/s1. The van der Waals surface area contributed by atoms with E-state index in [2.05, 4.69) is 55.6 Å². The van der Waals surface area contributed by atoms with Crippen LogP contribution in [-0.4, -0.2) is 0 Å². The molecule has 1 heterocycles. The van der Waals surface area contributed by atoms with Crippen molar-refractivity contribution >= 4 is 40.5 Å². The fourth-order valence-corrected chi connectivity index (χ4v) is 4.89. The summed E-state index contributed by atoms with van der Waals surface area (Å²) in [6.45, 7) is 4.43. The average molecular weight is 393 g/mol. The van der Waals surface area contributed by atoms with E-state index in [0.717, 1.165) is 17.7 Å². The second-order valence-corrected chi connectivity index (χ2v) is 8.43. The van der Waals surface area contributed by atoms with Crippen molar-refractivity contribution in [1.82, 2.24) is 0 Å². The maximum absolute atomic E-state index is 6.53. The zero-order valence-electron chi connectivity index (χ0n) is 14.2. The van der Waals surface area contributed by atoms with Gasteiger partial charge in [-0.3, -0.25) is 0 Å². The van der Waals surface area contributed by atoms with Gasteiger partial charge in [0, 0.05) is 11.5 Å². The Balaban J connectivity index is 1.79. The first-order chi connectivity index (χ1) is 12.0. The van der Waals surface area contributed by atoms with Crippen LogP contribution in [0.4, 0.5) is 5.69 Å². The highest BCUT2D eigenvalue weighted by atomic mass is 35.5. The summed E-state index contributed by atoms with van der Waals surface area (Å²) in [7, 11) is 0. The third-order valence-electron chi connectivity index (χ3n) is 5.44. The van der Waals surface area contributed by atoms with Crippen molar-refractivity contribution in [3.8, 4) is 0 Å². The Morgan fingerprint density at radius 1 is 1.04 bits per heavy atom. The van der Waals surface area contributed by atoms with Gasteiger partial charge in [0.15, 0.2) is 0 Å². The Labute approximate surface area is 164 Å². The number of halogens is 3. The molecule has 0 saturated carbocycles. The van der Waals surface area contributed by atoms with E-state index in [1.165, 1.54) is 11.1 Å². The van der Waals surface area contributed by atoms with Gasteiger partial charge in [-0.05, 0) is 35.4 Å². The normalized spacial score (nSPS) is 24.2. The molecule has 0 fully saturated rings. The van der Waals surface area contributed by atoms with Crippen LogP contribution in [0.1, 0.15) is 54.8 Å². The first-order valence-corrected chi connectivity index (χ1v) is 9.81. The zero-order valence-corrected chi connectivity index (χ0v) is 16.5. The fourth-order valence-electron chi connectivity index (χ4n) is 4.08. The van der Waals surface area contributed by atoms with Gasteiger partial charge in [0.2, 0.25) is 0 Å². The van der Waals surface area contributed by atoms with Crippen molar-refractivity contribution in [3.63, 3.8) is 0 Å². The predicted molar refractivity (Wildman–Crippen MR) is 108 cm³/mol. The molecule has 0 saturated heterocycles. The molecule has 4 heteroatoms. The lowest BCUT2D eigenvalue weighted by Gasteiger charge is -2.38. The number of rotatable bonds is 2. The Hall–Kier alpha value is -1.15. The second-order valence-electron chi connectivity index (χ2n) is 7.24. The van der Waals surface area contributed by atoms with Crippen LogP contribution in [0.2, 0.25) is 15.1 Å². The van der Waals surface area contributed by atoms with Crippen LogP contribution in [-0.2, 0) is 0 Å². The highest BCUT2D eigenvalue weighted by molar-refractivity contribution is 6.44. The average Bonchev–Trinajstić information content (AvgIpc) is 3.08. The Kier molecular flexibility index (Phi) is 4.52. The van der Waals surface area contributed by atoms with Gasteiger partial charge in [0.1, 0.15) is 0 Å². The van der Waals surface area contributed by atoms with Crippen molar-refractivity contribution in [2.24, 2.45) is 5.92 Å². The molecule has 0 amide bonds. The lowest BCUT2D eigenvalue weighted by molar-refractivity contribution is 0.425. The number of allylic oxidation sites excluding steroid dienone is 2. The SMILES string of the molecule is CC(C)c1ccc([C@H]2Nc3c(Cl)cc(Cl)c(Cl)c3[C@@H]3C=CC[C@H]23)cc1. The summed E-state index contributed by atoms with van der Waals surface area (Å²) in [5.74, 6) is 1.20. The van der Waals surface area contributed by atoms with Gasteiger partial charge >= 0.3 is 0 Å². The first kappa shape index (κ1) is 17.3. The van der Waals surface area contributed by atoms with Gasteiger partial charge in [0.05, 0.1) is 26.8 Å². The smallest absolute Gasteiger partial charge is 0.0656 e. The van der Waals surface area contributed by atoms with Crippen LogP contribution in [0.5, 0.6) is 0 Å². The minimum atomic E-state index is 0.212. The summed E-state index contributed by atoms with van der Waals surface area (Å²) >= 11 is 19.3. The van der Waals surface area contributed by atoms with Crippen LogP contribution < -0.4 is 5.32 Å². The zero-order chi connectivity index (χ0) is 17.7. The molecule has 1 aliphatic carbocycles. The molecule has 1 aliphatic heterocycles. The molecule has 0 spiro atoms. The van der Waals surface area contributed by atoms with Crippen LogP contribution in [0.15, 0.2) is 42.5 Å². The van der Waals surface area contributed by atoms with E-state index < -0.39 is 0 Å². The van der Waals surface area contributed by atoms with Crippen molar-refractivity contribution in [1.29, 1.82) is 0 Å². The van der Waals surface area contributed by atoms with Gasteiger partial charge in [-0.1, -0.05) is 85.1 Å². The Bertz CT molecular complexity index is 839. The maximum atomic E-state index is 6.53. The Morgan fingerprint density at radius 3 is 2.44 bits per heavy atom. The molecule has 25 heavy (non-hydrogen) atoms. The largest absolute Gasteiger partial charge is 0.376 e. The molecule has 4 rings (SSSR count). The number of benzene rings is 2. The number of anilines is 1. The minimum Gasteiger partial charge on any atom is -0.376 e. The summed E-state index contributed by atoms with van der Waals surface area (Å²) in [5, 5.41) is 5.42. The second kappa shape index (κ2) is 6.54. The number of nitrogens with one attached hydrogen (secondary N) is 1. The summed E-state index contributed by atoms with van der Waals surface area (Å²) in [6.07, 6.45) is 5.51. The van der Waals surface area contributed by atoms with E-state index in [0.29, 0.717) is 26.9 Å². The third-order valence-corrected chi connectivity index (χ3v) is 6.54. The minimum absolute atomic E-state index is 0.212. The molecule has 2 aliphatic rings. The maximum Gasteiger partial charge on any atom is 0.0656 e. The van der Waals surface area contributed by atoms with Crippen LogP contribution in [0, 0.1) is 5.92 Å². The van der Waals surface area contributed by atoms with Gasteiger partial charge in [0.25, 0.3) is 0 Å². The summed E-state index contributed by atoms with van der Waals surface area (Å²) in [6, 6.07) is 10.9. The number of fused-ring (bicyclic) bond motifs is 3. The van der Waals surface area contributed by atoms with Crippen LogP contribution in [0.25, 0.3) is 0 Å². The quantitative estimate of drug-likeness (QED) is 0.410. The van der Waals surface area contributed by atoms with Crippen LogP contribution in [0.3, 0.4) is 0 Å². The predicted octanol–water partition coefficient (Wildman–Crippen LogP) is 7.60. The summed E-state index contributed by atoms with van der Waals surface area (Å²) in [5.41, 5.74) is 4.60. The molecule has 130 valence electrons. The first-order valence-electron chi connectivity index (χ1n) is 8.67. The van der Waals surface area contributed by atoms with Crippen molar-refractivity contribution < 1.29 is 0 Å². The van der Waals surface area contributed by atoms with Crippen molar-refractivity contribution in [2.75, 3.05) is 5.32 Å². The topological polar surface area (TPSA) is 12.0 Å². The van der Waals surface area contributed by atoms with Gasteiger partial charge in [-0.25, -0.2) is 0 Å².